The summed E-state index contributed by atoms with van der Waals surface area (Å²) >= 11 is 0. The predicted octanol–water partition coefficient (Wildman–Crippen LogP) is 2.70. The van der Waals surface area contributed by atoms with E-state index in [1.165, 1.54) is 19.2 Å². The number of nitro groups is 1. The Balaban J connectivity index is 3.24. The second-order valence-corrected chi connectivity index (χ2v) is 10.5. The van der Waals surface area contributed by atoms with Gasteiger partial charge in [-0.3, -0.25) is 19.2 Å². The van der Waals surface area contributed by atoms with Crippen LogP contribution < -0.4 is 14.4 Å². The molecule has 1 aromatic carbocycles. The first-order valence-corrected chi connectivity index (χ1v) is 10.5. The summed E-state index contributed by atoms with van der Waals surface area (Å²) in [5.41, 5.74) is -0.983. The number of methoxy groups -OCH3 is 1. The van der Waals surface area contributed by atoms with E-state index in [0.717, 1.165) is 16.6 Å². The summed E-state index contributed by atoms with van der Waals surface area (Å²) in [6.07, 6.45) is 1.60. The Morgan fingerprint density at radius 1 is 1.25 bits per heavy atom. The van der Waals surface area contributed by atoms with Crippen LogP contribution in [0.5, 0.6) is 5.75 Å². The van der Waals surface area contributed by atoms with Crippen LogP contribution in [0, 0.1) is 15.5 Å². The van der Waals surface area contributed by atoms with E-state index in [4.69, 9.17) is 4.74 Å². The highest BCUT2D eigenvalue weighted by atomic mass is 32.2. The number of sulfonamides is 1. The number of rotatable bonds is 8. The monoisotopic (exact) mass is 415 g/mol. The van der Waals surface area contributed by atoms with Gasteiger partial charge in [0.25, 0.3) is 5.69 Å². The molecule has 158 valence electrons. The van der Waals surface area contributed by atoms with Crippen molar-refractivity contribution in [2.45, 2.75) is 46.6 Å². The molecule has 0 radical (unpaired) electrons. The summed E-state index contributed by atoms with van der Waals surface area (Å²) in [5, 5.41) is 13.9. The predicted molar refractivity (Wildman–Crippen MR) is 108 cm³/mol. The number of carbonyl (C=O) groups excluding carboxylic acids is 1. The molecule has 28 heavy (non-hydrogen) atoms. The average Bonchev–Trinajstić information content (AvgIpc) is 2.47. The Morgan fingerprint density at radius 3 is 2.25 bits per heavy atom. The standard InChI is InChI=1S/C18H29N3O6S/c1-17(2,3)12-18(4,5)19-16(22)11-20(28(7,25)26)14-10-13(21(23)24)8-9-15(14)27-6/h8-10H,11-12H2,1-7H3,(H,19,22). The van der Waals surface area contributed by atoms with Crippen LogP contribution in [0.25, 0.3) is 0 Å². The lowest BCUT2D eigenvalue weighted by Gasteiger charge is -2.34. The number of hydrogen-bond donors (Lipinski definition) is 1. The number of carbonyl (C=O) groups is 1. The second kappa shape index (κ2) is 8.34. The molecule has 0 bridgehead atoms. The fourth-order valence-corrected chi connectivity index (χ4v) is 4.14. The third-order valence-electron chi connectivity index (χ3n) is 3.78. The van der Waals surface area contributed by atoms with Crippen molar-refractivity contribution in [1.29, 1.82) is 0 Å². The van der Waals surface area contributed by atoms with E-state index in [2.05, 4.69) is 5.32 Å². The van der Waals surface area contributed by atoms with Gasteiger partial charge in [-0.05, 0) is 31.7 Å². The van der Waals surface area contributed by atoms with Gasteiger partial charge in [0.05, 0.1) is 18.3 Å². The van der Waals surface area contributed by atoms with Crippen LogP contribution >= 0.6 is 0 Å². The van der Waals surface area contributed by atoms with Crippen LogP contribution in [0.15, 0.2) is 18.2 Å². The summed E-state index contributed by atoms with van der Waals surface area (Å²) in [6.45, 7) is 9.31. The molecule has 0 aromatic heterocycles. The molecule has 0 aliphatic rings. The molecule has 9 nitrogen and oxygen atoms in total. The maximum absolute atomic E-state index is 12.6. The molecule has 0 unspecified atom stereocenters. The van der Waals surface area contributed by atoms with Crippen LogP contribution in [-0.2, 0) is 14.8 Å². The van der Waals surface area contributed by atoms with Gasteiger partial charge in [0.15, 0.2) is 0 Å². The molecule has 1 rings (SSSR count). The lowest BCUT2D eigenvalue weighted by molar-refractivity contribution is -0.384. The number of nitro benzene ring substituents is 1. The molecule has 1 amide bonds. The minimum Gasteiger partial charge on any atom is -0.495 e. The molecule has 0 fully saturated rings. The highest BCUT2D eigenvalue weighted by molar-refractivity contribution is 7.92. The normalized spacial score (nSPS) is 12.4. The van der Waals surface area contributed by atoms with Gasteiger partial charge in [-0.1, -0.05) is 20.8 Å². The lowest BCUT2D eigenvalue weighted by atomic mass is 9.82. The molecule has 10 heteroatoms. The molecule has 0 aliphatic heterocycles. The molecule has 0 saturated heterocycles. The Bertz CT molecular complexity index is 843. The van der Waals surface area contributed by atoms with Crippen LogP contribution in [-0.4, -0.2) is 44.7 Å². The summed E-state index contributed by atoms with van der Waals surface area (Å²) in [4.78, 5) is 23.0. The van der Waals surface area contributed by atoms with Crippen molar-refractivity contribution < 1.29 is 22.9 Å². The molecular weight excluding hydrogens is 386 g/mol. The Labute approximate surface area is 166 Å². The molecule has 0 aliphatic carbocycles. The van der Waals surface area contributed by atoms with Gasteiger partial charge in [0.2, 0.25) is 15.9 Å². The topological polar surface area (TPSA) is 119 Å². The number of non-ortho nitro benzene ring substituents is 1. The fraction of sp³-hybridized carbons (Fsp3) is 0.611. The number of hydrogen-bond acceptors (Lipinski definition) is 6. The van der Waals surface area contributed by atoms with E-state index in [0.29, 0.717) is 6.42 Å². The number of nitrogens with zero attached hydrogens (tertiary/aromatic N) is 2. The van der Waals surface area contributed by atoms with E-state index in [-0.39, 0.29) is 22.5 Å². The minimum atomic E-state index is -3.91. The summed E-state index contributed by atoms with van der Waals surface area (Å²) in [5.74, 6) is -0.411. The zero-order chi connectivity index (χ0) is 21.9. The summed E-state index contributed by atoms with van der Waals surface area (Å²) in [7, 11) is -2.59. The summed E-state index contributed by atoms with van der Waals surface area (Å²) < 4.78 is 30.6. The van der Waals surface area contributed by atoms with Crippen molar-refractivity contribution in [2.24, 2.45) is 5.41 Å². The third kappa shape index (κ3) is 6.99. The second-order valence-electron chi connectivity index (χ2n) is 8.55. The SMILES string of the molecule is COc1ccc([N+](=O)[O-])cc1N(CC(=O)NC(C)(C)CC(C)(C)C)S(C)(=O)=O. The maximum Gasteiger partial charge on any atom is 0.271 e. The molecule has 0 atom stereocenters. The third-order valence-corrected chi connectivity index (χ3v) is 4.91. The van der Waals surface area contributed by atoms with Crippen LogP contribution in [0.2, 0.25) is 0 Å². The highest BCUT2D eigenvalue weighted by Crippen LogP contribution is 2.33. The van der Waals surface area contributed by atoms with Gasteiger partial charge in [-0.2, -0.15) is 0 Å². The van der Waals surface area contributed by atoms with E-state index in [1.807, 2.05) is 34.6 Å². The van der Waals surface area contributed by atoms with Crippen LogP contribution in [0.3, 0.4) is 0 Å². The van der Waals surface area contributed by atoms with Crippen molar-refractivity contribution in [3.8, 4) is 5.75 Å². The van der Waals surface area contributed by atoms with E-state index >= 15 is 0 Å². The highest BCUT2D eigenvalue weighted by Gasteiger charge is 2.30. The number of ether oxygens (including phenoxy) is 1. The Kier molecular flexibility index (Phi) is 7.05. The maximum atomic E-state index is 12.6. The van der Waals surface area contributed by atoms with Crippen molar-refractivity contribution in [2.75, 3.05) is 24.2 Å². The van der Waals surface area contributed by atoms with Gasteiger partial charge in [-0.15, -0.1) is 0 Å². The van der Waals surface area contributed by atoms with Crippen molar-refractivity contribution in [3.05, 3.63) is 28.3 Å². The molecule has 1 aromatic rings. The minimum absolute atomic E-state index is 0.0451. The van der Waals surface area contributed by atoms with Crippen LogP contribution in [0.1, 0.15) is 41.0 Å². The molecule has 1 N–H and O–H groups in total. The van der Waals surface area contributed by atoms with Gasteiger partial charge in [0.1, 0.15) is 18.0 Å². The smallest absolute Gasteiger partial charge is 0.271 e. The van der Waals surface area contributed by atoms with Crippen LogP contribution in [0.4, 0.5) is 11.4 Å². The molecule has 0 spiro atoms. The Morgan fingerprint density at radius 2 is 1.82 bits per heavy atom. The van der Waals surface area contributed by atoms with Crippen molar-refractivity contribution in [1.82, 2.24) is 5.32 Å². The quantitative estimate of drug-likeness (QED) is 0.515. The number of nitrogens with one attached hydrogen (secondary N) is 1. The van der Waals surface area contributed by atoms with E-state index < -0.39 is 32.9 Å². The zero-order valence-electron chi connectivity index (χ0n) is 17.4. The fourth-order valence-electron chi connectivity index (χ4n) is 3.29. The van der Waals surface area contributed by atoms with Crippen molar-refractivity contribution in [3.63, 3.8) is 0 Å². The summed E-state index contributed by atoms with van der Waals surface area (Å²) in [6, 6.07) is 3.58. The molecular formula is C18H29N3O6S. The average molecular weight is 416 g/mol. The first-order chi connectivity index (χ1) is 12.6. The van der Waals surface area contributed by atoms with E-state index in [9.17, 15) is 23.3 Å². The van der Waals surface area contributed by atoms with Gasteiger partial charge in [0, 0.05) is 17.7 Å². The van der Waals surface area contributed by atoms with Gasteiger partial charge >= 0.3 is 0 Å². The number of benzene rings is 1. The number of anilines is 1. The number of amides is 1. The zero-order valence-corrected chi connectivity index (χ0v) is 18.2. The Hall–Kier alpha value is -2.36. The van der Waals surface area contributed by atoms with Crippen molar-refractivity contribution >= 4 is 27.3 Å². The first-order valence-electron chi connectivity index (χ1n) is 8.67. The largest absolute Gasteiger partial charge is 0.495 e. The molecule has 0 saturated carbocycles. The van der Waals surface area contributed by atoms with E-state index in [1.54, 1.807) is 0 Å². The first kappa shape index (κ1) is 23.7. The molecule has 0 heterocycles. The lowest BCUT2D eigenvalue weighted by Crippen LogP contribution is -2.50. The van der Waals surface area contributed by atoms with Gasteiger partial charge in [-0.25, -0.2) is 8.42 Å². The van der Waals surface area contributed by atoms with Gasteiger partial charge < -0.3 is 10.1 Å².